The van der Waals surface area contributed by atoms with E-state index in [0.29, 0.717) is 6.61 Å². The van der Waals surface area contributed by atoms with Crippen LogP contribution in [0.5, 0.6) is 5.75 Å². The van der Waals surface area contributed by atoms with Gasteiger partial charge in [0.05, 0.1) is 0 Å². The van der Waals surface area contributed by atoms with Crippen molar-refractivity contribution in [2.75, 3.05) is 11.4 Å². The maximum absolute atomic E-state index is 5.90. The van der Waals surface area contributed by atoms with E-state index in [1.807, 2.05) is 18.2 Å². The summed E-state index contributed by atoms with van der Waals surface area (Å²) in [4.78, 5) is 2.40. The van der Waals surface area contributed by atoms with E-state index in [2.05, 4.69) is 90.7 Å². The van der Waals surface area contributed by atoms with Crippen LogP contribution in [0.15, 0.2) is 97.1 Å². The number of anilines is 1. The molecule has 0 aliphatic carbocycles. The van der Waals surface area contributed by atoms with Crippen LogP contribution in [0.25, 0.3) is 10.8 Å². The molecule has 0 fully saturated rings. The van der Waals surface area contributed by atoms with Crippen molar-refractivity contribution in [3.8, 4) is 5.75 Å². The first-order chi connectivity index (χ1) is 13.8. The molecular formula is C26H25NO. The van der Waals surface area contributed by atoms with Crippen LogP contribution in [-0.2, 0) is 13.2 Å². The fourth-order valence-electron chi connectivity index (χ4n) is 3.41. The lowest BCUT2D eigenvalue weighted by Crippen LogP contribution is -2.21. The topological polar surface area (TPSA) is 12.5 Å². The Morgan fingerprint density at radius 2 is 1.39 bits per heavy atom. The molecule has 0 bridgehead atoms. The molecule has 28 heavy (non-hydrogen) atoms. The average Bonchev–Trinajstić information content (AvgIpc) is 2.77. The lowest BCUT2D eigenvalue weighted by Gasteiger charge is -2.24. The molecule has 0 atom stereocenters. The molecule has 0 spiro atoms. The number of fused-ring (bicyclic) bond motifs is 1. The van der Waals surface area contributed by atoms with Gasteiger partial charge in [0.1, 0.15) is 12.4 Å². The lowest BCUT2D eigenvalue weighted by atomic mass is 10.1. The molecule has 4 rings (SSSR count). The molecule has 0 aliphatic heterocycles. The van der Waals surface area contributed by atoms with Crippen LogP contribution in [0.4, 0.5) is 5.69 Å². The van der Waals surface area contributed by atoms with Crippen molar-refractivity contribution in [3.63, 3.8) is 0 Å². The van der Waals surface area contributed by atoms with Gasteiger partial charge in [0, 0.05) is 18.8 Å². The quantitative estimate of drug-likeness (QED) is 0.372. The summed E-state index contributed by atoms with van der Waals surface area (Å²) in [6, 6.07) is 33.9. The van der Waals surface area contributed by atoms with Crippen molar-refractivity contribution in [2.24, 2.45) is 0 Å². The van der Waals surface area contributed by atoms with Gasteiger partial charge in [0.15, 0.2) is 0 Å². The highest BCUT2D eigenvalue weighted by Crippen LogP contribution is 2.24. The lowest BCUT2D eigenvalue weighted by molar-refractivity contribution is 0.306. The van der Waals surface area contributed by atoms with Crippen LogP contribution in [0.2, 0.25) is 0 Å². The highest BCUT2D eigenvalue weighted by molar-refractivity contribution is 5.85. The number of rotatable bonds is 7. The SMILES string of the molecule is CCN(Cc1ccc(OCc2ccccc2)cc1)c1ccc2ccccc2c1. The van der Waals surface area contributed by atoms with Crippen molar-refractivity contribution in [1.82, 2.24) is 0 Å². The van der Waals surface area contributed by atoms with Crippen LogP contribution in [0.3, 0.4) is 0 Å². The summed E-state index contributed by atoms with van der Waals surface area (Å²) in [5.74, 6) is 0.904. The highest BCUT2D eigenvalue weighted by Gasteiger charge is 2.07. The molecule has 140 valence electrons. The minimum Gasteiger partial charge on any atom is -0.489 e. The summed E-state index contributed by atoms with van der Waals surface area (Å²) >= 11 is 0. The van der Waals surface area contributed by atoms with Crippen molar-refractivity contribution >= 4 is 16.5 Å². The Morgan fingerprint density at radius 3 is 2.14 bits per heavy atom. The van der Waals surface area contributed by atoms with E-state index >= 15 is 0 Å². The maximum Gasteiger partial charge on any atom is 0.119 e. The normalized spacial score (nSPS) is 10.8. The Balaban J connectivity index is 1.43. The van der Waals surface area contributed by atoms with Crippen LogP contribution < -0.4 is 9.64 Å². The van der Waals surface area contributed by atoms with E-state index in [4.69, 9.17) is 4.74 Å². The minimum absolute atomic E-state index is 0.596. The molecule has 0 saturated carbocycles. The fraction of sp³-hybridized carbons (Fsp3) is 0.154. The third-order valence-corrected chi connectivity index (χ3v) is 5.03. The molecule has 0 heterocycles. The van der Waals surface area contributed by atoms with Gasteiger partial charge in [0.2, 0.25) is 0 Å². The van der Waals surface area contributed by atoms with Gasteiger partial charge in [-0.15, -0.1) is 0 Å². The van der Waals surface area contributed by atoms with Crippen molar-refractivity contribution in [2.45, 2.75) is 20.1 Å². The molecule has 0 amide bonds. The number of nitrogens with zero attached hydrogens (tertiary/aromatic N) is 1. The van der Waals surface area contributed by atoms with E-state index in [0.717, 1.165) is 18.8 Å². The van der Waals surface area contributed by atoms with Gasteiger partial charge < -0.3 is 9.64 Å². The van der Waals surface area contributed by atoms with Crippen molar-refractivity contribution in [1.29, 1.82) is 0 Å². The van der Waals surface area contributed by atoms with Crippen LogP contribution in [-0.4, -0.2) is 6.54 Å². The molecule has 0 aromatic heterocycles. The third-order valence-electron chi connectivity index (χ3n) is 5.03. The van der Waals surface area contributed by atoms with Crippen molar-refractivity contribution < 1.29 is 4.74 Å². The maximum atomic E-state index is 5.90. The molecular weight excluding hydrogens is 342 g/mol. The van der Waals surface area contributed by atoms with Gasteiger partial charge in [0.25, 0.3) is 0 Å². The summed E-state index contributed by atoms with van der Waals surface area (Å²) < 4.78 is 5.90. The molecule has 0 unspecified atom stereocenters. The highest BCUT2D eigenvalue weighted by atomic mass is 16.5. The Bertz CT molecular complexity index is 1020. The standard InChI is InChI=1S/C26H25NO/c1-2-27(25-15-14-23-10-6-7-11-24(23)18-25)19-21-12-16-26(17-13-21)28-20-22-8-4-3-5-9-22/h3-18H,2,19-20H2,1H3. The van der Waals surface area contributed by atoms with E-state index in [9.17, 15) is 0 Å². The summed E-state index contributed by atoms with van der Waals surface area (Å²) in [6.45, 7) is 4.64. The second-order valence-corrected chi connectivity index (χ2v) is 6.96. The van der Waals surface area contributed by atoms with Gasteiger partial charge in [-0.25, -0.2) is 0 Å². The smallest absolute Gasteiger partial charge is 0.119 e. The zero-order valence-corrected chi connectivity index (χ0v) is 16.2. The second kappa shape index (κ2) is 8.62. The Labute approximate surface area is 167 Å². The first-order valence-electron chi connectivity index (χ1n) is 9.81. The van der Waals surface area contributed by atoms with Crippen LogP contribution >= 0.6 is 0 Å². The predicted octanol–water partition coefficient (Wildman–Crippen LogP) is 6.45. The zero-order valence-electron chi connectivity index (χ0n) is 16.2. The van der Waals surface area contributed by atoms with Crippen molar-refractivity contribution in [3.05, 3.63) is 108 Å². The van der Waals surface area contributed by atoms with Crippen LogP contribution in [0, 0.1) is 0 Å². The first-order valence-corrected chi connectivity index (χ1v) is 9.81. The van der Waals surface area contributed by atoms with E-state index < -0.39 is 0 Å². The molecule has 0 N–H and O–H groups in total. The van der Waals surface area contributed by atoms with Gasteiger partial charge in [-0.05, 0) is 53.1 Å². The van der Waals surface area contributed by atoms with Gasteiger partial charge in [-0.3, -0.25) is 0 Å². The van der Waals surface area contributed by atoms with Crippen LogP contribution in [0.1, 0.15) is 18.1 Å². The predicted molar refractivity (Wildman–Crippen MR) is 118 cm³/mol. The molecule has 2 heteroatoms. The Morgan fingerprint density at radius 1 is 0.679 bits per heavy atom. The van der Waals surface area contributed by atoms with Gasteiger partial charge in [-0.1, -0.05) is 72.8 Å². The Kier molecular flexibility index (Phi) is 5.58. The molecule has 0 radical (unpaired) electrons. The number of hydrogen-bond acceptors (Lipinski definition) is 2. The molecule has 2 nitrogen and oxygen atoms in total. The summed E-state index contributed by atoms with van der Waals surface area (Å²) in [5, 5.41) is 2.56. The minimum atomic E-state index is 0.596. The first kappa shape index (κ1) is 18.1. The van der Waals surface area contributed by atoms with Gasteiger partial charge >= 0.3 is 0 Å². The van der Waals surface area contributed by atoms with E-state index in [1.54, 1.807) is 0 Å². The summed E-state index contributed by atoms with van der Waals surface area (Å²) in [5.41, 5.74) is 3.72. The molecule has 4 aromatic carbocycles. The third kappa shape index (κ3) is 4.34. The molecule has 4 aromatic rings. The summed E-state index contributed by atoms with van der Waals surface area (Å²) in [7, 11) is 0. The number of ether oxygens (including phenoxy) is 1. The molecule has 0 saturated heterocycles. The zero-order chi connectivity index (χ0) is 19.2. The molecule has 0 aliphatic rings. The van der Waals surface area contributed by atoms with E-state index in [-0.39, 0.29) is 0 Å². The Hall–Kier alpha value is -3.26. The fourth-order valence-corrected chi connectivity index (χ4v) is 3.41. The summed E-state index contributed by atoms with van der Waals surface area (Å²) in [6.07, 6.45) is 0. The number of benzene rings is 4. The second-order valence-electron chi connectivity index (χ2n) is 6.96. The average molecular weight is 367 g/mol. The van der Waals surface area contributed by atoms with Gasteiger partial charge in [-0.2, -0.15) is 0 Å². The largest absolute Gasteiger partial charge is 0.489 e. The number of hydrogen-bond donors (Lipinski definition) is 0. The monoisotopic (exact) mass is 367 g/mol. The van der Waals surface area contributed by atoms with E-state index in [1.165, 1.54) is 27.6 Å².